The van der Waals surface area contributed by atoms with E-state index < -0.39 is 0 Å². The van der Waals surface area contributed by atoms with Crippen LogP contribution < -0.4 is 4.74 Å². The number of aromatic nitrogens is 1. The van der Waals surface area contributed by atoms with Gasteiger partial charge in [0.2, 0.25) is 5.88 Å². The van der Waals surface area contributed by atoms with Crippen molar-refractivity contribution in [3.63, 3.8) is 0 Å². The highest BCUT2D eigenvalue weighted by atomic mass is 32.1. The summed E-state index contributed by atoms with van der Waals surface area (Å²) >= 11 is 1.41. The monoisotopic (exact) mass is 204 g/mol. The molecular weight excluding hydrogens is 194 g/mol. The summed E-state index contributed by atoms with van der Waals surface area (Å²) in [5, 5.41) is 0. The third-order valence-corrected chi connectivity index (χ3v) is 2.40. The zero-order chi connectivity index (χ0) is 9.80. The molecule has 0 fully saturated rings. The van der Waals surface area contributed by atoms with E-state index in [0.29, 0.717) is 12.5 Å². The Labute approximate surface area is 87.3 Å². The van der Waals surface area contributed by atoms with Crippen LogP contribution in [0.25, 0.3) is 0 Å². The molecule has 2 nitrogen and oxygen atoms in total. The SMILES string of the molecule is Cc1[c]c(OCc2ccccc2)ns1. The van der Waals surface area contributed by atoms with Gasteiger partial charge in [0.25, 0.3) is 0 Å². The van der Waals surface area contributed by atoms with Crippen molar-refractivity contribution in [1.29, 1.82) is 0 Å². The van der Waals surface area contributed by atoms with E-state index in [1.165, 1.54) is 11.5 Å². The van der Waals surface area contributed by atoms with Crippen molar-refractivity contribution >= 4 is 11.5 Å². The summed E-state index contributed by atoms with van der Waals surface area (Å²) in [5.41, 5.74) is 1.14. The van der Waals surface area contributed by atoms with Gasteiger partial charge in [0, 0.05) is 4.88 Å². The van der Waals surface area contributed by atoms with E-state index in [0.717, 1.165) is 10.4 Å². The van der Waals surface area contributed by atoms with E-state index in [2.05, 4.69) is 10.4 Å². The normalized spacial score (nSPS) is 10.1. The molecule has 14 heavy (non-hydrogen) atoms. The molecule has 71 valence electrons. The first-order valence-electron chi connectivity index (χ1n) is 4.37. The zero-order valence-corrected chi connectivity index (χ0v) is 8.67. The molecule has 0 atom stereocenters. The van der Waals surface area contributed by atoms with Crippen molar-refractivity contribution in [1.82, 2.24) is 4.37 Å². The Hall–Kier alpha value is -1.35. The topological polar surface area (TPSA) is 22.1 Å². The molecule has 0 saturated heterocycles. The van der Waals surface area contributed by atoms with Crippen LogP contribution in [0.3, 0.4) is 0 Å². The first-order valence-corrected chi connectivity index (χ1v) is 5.14. The summed E-state index contributed by atoms with van der Waals surface area (Å²) in [7, 11) is 0. The highest BCUT2D eigenvalue weighted by Gasteiger charge is 1.99. The Kier molecular flexibility index (Phi) is 2.79. The molecule has 1 heterocycles. The molecule has 1 radical (unpaired) electrons. The Balaban J connectivity index is 1.95. The van der Waals surface area contributed by atoms with Gasteiger partial charge in [-0.2, -0.15) is 4.37 Å². The third kappa shape index (κ3) is 2.33. The van der Waals surface area contributed by atoms with Crippen LogP contribution in [0.15, 0.2) is 30.3 Å². The number of benzene rings is 1. The summed E-state index contributed by atoms with van der Waals surface area (Å²) in [6.45, 7) is 2.52. The highest BCUT2D eigenvalue weighted by molar-refractivity contribution is 7.05. The number of hydrogen-bond donors (Lipinski definition) is 0. The number of aryl methyl sites for hydroxylation is 1. The number of ether oxygens (including phenoxy) is 1. The van der Waals surface area contributed by atoms with E-state index in [1.54, 1.807) is 0 Å². The van der Waals surface area contributed by atoms with E-state index >= 15 is 0 Å². The van der Waals surface area contributed by atoms with Crippen molar-refractivity contribution in [2.45, 2.75) is 13.5 Å². The molecule has 2 aromatic rings. The quantitative estimate of drug-likeness (QED) is 0.767. The van der Waals surface area contributed by atoms with Crippen LogP contribution in [-0.4, -0.2) is 4.37 Å². The lowest BCUT2D eigenvalue weighted by Gasteiger charge is -2.01. The van der Waals surface area contributed by atoms with Gasteiger partial charge in [-0.3, -0.25) is 0 Å². The minimum atomic E-state index is 0.556. The molecule has 1 aromatic heterocycles. The number of hydrogen-bond acceptors (Lipinski definition) is 3. The minimum absolute atomic E-state index is 0.556. The largest absolute Gasteiger partial charge is 0.472 e. The van der Waals surface area contributed by atoms with Crippen LogP contribution in [0, 0.1) is 13.0 Å². The van der Waals surface area contributed by atoms with Crippen molar-refractivity contribution in [2.24, 2.45) is 0 Å². The lowest BCUT2D eigenvalue weighted by atomic mass is 10.2. The molecule has 0 amide bonds. The van der Waals surface area contributed by atoms with Gasteiger partial charge in [-0.1, -0.05) is 30.3 Å². The van der Waals surface area contributed by atoms with Crippen LogP contribution in [0.4, 0.5) is 0 Å². The van der Waals surface area contributed by atoms with E-state index in [4.69, 9.17) is 4.74 Å². The molecule has 0 saturated carbocycles. The van der Waals surface area contributed by atoms with Crippen LogP contribution >= 0.6 is 11.5 Å². The van der Waals surface area contributed by atoms with E-state index in [1.807, 2.05) is 37.3 Å². The molecule has 1 aromatic carbocycles. The Bertz CT molecular complexity index is 397. The fourth-order valence-corrected chi connectivity index (χ4v) is 1.55. The lowest BCUT2D eigenvalue weighted by Crippen LogP contribution is -1.94. The fraction of sp³-hybridized carbons (Fsp3) is 0.182. The Morgan fingerprint density at radius 2 is 2.14 bits per heavy atom. The second-order valence-corrected chi connectivity index (χ2v) is 3.92. The van der Waals surface area contributed by atoms with Crippen LogP contribution in [-0.2, 0) is 6.61 Å². The summed E-state index contributed by atoms with van der Waals surface area (Å²) in [5.74, 6) is 0.594. The molecule has 2 rings (SSSR count). The van der Waals surface area contributed by atoms with Crippen molar-refractivity contribution < 1.29 is 4.74 Å². The van der Waals surface area contributed by atoms with Gasteiger partial charge in [-0.25, -0.2) is 0 Å². The maximum atomic E-state index is 5.46. The van der Waals surface area contributed by atoms with Gasteiger partial charge in [0.05, 0.1) is 6.07 Å². The van der Waals surface area contributed by atoms with Gasteiger partial charge in [0.15, 0.2) is 0 Å². The Morgan fingerprint density at radius 3 is 2.79 bits per heavy atom. The van der Waals surface area contributed by atoms with Gasteiger partial charge in [-0.15, -0.1) is 0 Å². The summed E-state index contributed by atoms with van der Waals surface area (Å²) < 4.78 is 9.55. The molecule has 0 aliphatic heterocycles. The van der Waals surface area contributed by atoms with Gasteiger partial charge < -0.3 is 4.74 Å². The van der Waals surface area contributed by atoms with Crippen molar-refractivity contribution in [3.05, 3.63) is 46.8 Å². The predicted octanol–water partition coefficient (Wildman–Crippen LogP) is 2.83. The first-order chi connectivity index (χ1) is 6.84. The van der Waals surface area contributed by atoms with Crippen molar-refractivity contribution in [2.75, 3.05) is 0 Å². The fourth-order valence-electron chi connectivity index (χ4n) is 1.09. The van der Waals surface area contributed by atoms with Crippen LogP contribution in [0.2, 0.25) is 0 Å². The summed E-state index contributed by atoms with van der Waals surface area (Å²) in [4.78, 5) is 1.05. The average Bonchev–Trinajstić information content (AvgIpc) is 2.63. The highest BCUT2D eigenvalue weighted by Crippen LogP contribution is 2.15. The maximum absolute atomic E-state index is 5.46. The molecule has 0 aliphatic carbocycles. The summed E-state index contributed by atoms with van der Waals surface area (Å²) in [6, 6.07) is 13.1. The molecule has 0 unspecified atom stereocenters. The van der Waals surface area contributed by atoms with Gasteiger partial charge in [-0.05, 0) is 24.0 Å². The van der Waals surface area contributed by atoms with Crippen LogP contribution in [0.1, 0.15) is 10.4 Å². The number of nitrogens with zero attached hydrogens (tertiary/aromatic N) is 1. The molecule has 0 aliphatic rings. The van der Waals surface area contributed by atoms with E-state index in [-0.39, 0.29) is 0 Å². The molecule has 0 N–H and O–H groups in total. The zero-order valence-electron chi connectivity index (χ0n) is 7.86. The summed E-state index contributed by atoms with van der Waals surface area (Å²) in [6.07, 6.45) is 0. The van der Waals surface area contributed by atoms with Gasteiger partial charge >= 0.3 is 0 Å². The van der Waals surface area contributed by atoms with Gasteiger partial charge in [0.1, 0.15) is 6.61 Å². The average molecular weight is 204 g/mol. The van der Waals surface area contributed by atoms with Crippen LogP contribution in [0.5, 0.6) is 5.88 Å². The molecular formula is C11H10NOS. The predicted molar refractivity (Wildman–Crippen MR) is 56.5 cm³/mol. The second-order valence-electron chi connectivity index (χ2n) is 2.94. The second kappa shape index (κ2) is 4.24. The third-order valence-electron chi connectivity index (χ3n) is 1.77. The standard InChI is InChI=1S/C11H10NOS/c1-9-7-11(12-14-9)13-8-10-5-3-2-4-6-10/h2-6H,8H2,1H3. The molecule has 0 spiro atoms. The lowest BCUT2D eigenvalue weighted by molar-refractivity contribution is 0.296. The first kappa shape index (κ1) is 9.21. The minimum Gasteiger partial charge on any atom is -0.472 e. The smallest absolute Gasteiger partial charge is 0.234 e. The maximum Gasteiger partial charge on any atom is 0.234 e. The van der Waals surface area contributed by atoms with Crippen molar-refractivity contribution in [3.8, 4) is 5.88 Å². The molecule has 3 heteroatoms. The van der Waals surface area contributed by atoms with E-state index in [9.17, 15) is 0 Å². The number of rotatable bonds is 3. The molecule has 0 bridgehead atoms. The Morgan fingerprint density at radius 1 is 1.36 bits per heavy atom.